The van der Waals surface area contributed by atoms with E-state index in [2.05, 4.69) is 10.2 Å². The summed E-state index contributed by atoms with van der Waals surface area (Å²) < 4.78 is 70.0. The van der Waals surface area contributed by atoms with Crippen LogP contribution in [0.25, 0.3) is 22.4 Å². The molecule has 0 atom stereocenters. The molecule has 3 rings (SSSR count). The Kier molecular flexibility index (Phi) is 6.11. The van der Waals surface area contributed by atoms with Crippen LogP contribution in [0, 0.1) is 0 Å². The summed E-state index contributed by atoms with van der Waals surface area (Å²) in [6.45, 7) is -0.563. The van der Waals surface area contributed by atoms with Gasteiger partial charge in [-0.2, -0.15) is 18.3 Å². The van der Waals surface area contributed by atoms with Crippen molar-refractivity contribution in [2.24, 2.45) is 0 Å². The molecule has 0 saturated carbocycles. The van der Waals surface area contributed by atoms with E-state index in [4.69, 9.17) is 21.4 Å². The third-order valence-corrected chi connectivity index (χ3v) is 6.36. The lowest BCUT2D eigenvalue weighted by Crippen LogP contribution is -2.10. The molecule has 0 spiro atoms. The van der Waals surface area contributed by atoms with Crippen LogP contribution in [-0.2, 0) is 16.0 Å². The molecule has 0 aliphatic carbocycles. The number of aromatic amines is 1. The molecule has 0 bridgehead atoms. The lowest BCUT2D eigenvalue weighted by atomic mass is 9.98. The summed E-state index contributed by atoms with van der Waals surface area (Å²) in [4.78, 5) is -0.105. The topological polar surface area (TPSA) is 92.3 Å². The standard InChI is InChI=1S/C19H16ClF3N2O4S/c1-29-15-10-12(4-7-14(15)20)17-16(18(25-24-17)19(21,22)23)11-2-5-13(6-3-11)30(27,28)9-8-26/h2-7,10,26H,8-9H2,1H3,(H,24,25). The fourth-order valence-corrected chi connectivity index (χ4v) is 4.14. The number of nitrogens with zero attached hydrogens (tertiary/aromatic N) is 1. The lowest BCUT2D eigenvalue weighted by Gasteiger charge is -2.11. The normalized spacial score (nSPS) is 12.2. The summed E-state index contributed by atoms with van der Waals surface area (Å²) in [7, 11) is -2.36. The van der Waals surface area contributed by atoms with Gasteiger partial charge in [-0.1, -0.05) is 29.8 Å². The van der Waals surface area contributed by atoms with E-state index in [1.807, 2.05) is 0 Å². The van der Waals surface area contributed by atoms with Crippen molar-refractivity contribution in [3.8, 4) is 28.1 Å². The molecule has 1 aromatic heterocycles. The Balaban J connectivity index is 2.17. The molecule has 0 radical (unpaired) electrons. The minimum absolute atomic E-state index is 0.0725. The molecule has 3 aromatic rings. The van der Waals surface area contributed by atoms with Gasteiger partial charge in [-0.25, -0.2) is 8.42 Å². The van der Waals surface area contributed by atoms with E-state index in [1.54, 1.807) is 0 Å². The summed E-state index contributed by atoms with van der Waals surface area (Å²) in [5.74, 6) is -0.212. The average molecular weight is 461 g/mol. The van der Waals surface area contributed by atoms with E-state index >= 15 is 0 Å². The largest absolute Gasteiger partial charge is 0.495 e. The van der Waals surface area contributed by atoms with Crippen molar-refractivity contribution >= 4 is 21.4 Å². The highest BCUT2D eigenvalue weighted by Crippen LogP contribution is 2.42. The SMILES string of the molecule is COc1cc(-c2[nH]nc(C(F)(F)F)c2-c2ccc(S(=O)(=O)CCO)cc2)ccc1Cl. The van der Waals surface area contributed by atoms with Gasteiger partial charge >= 0.3 is 6.18 Å². The van der Waals surface area contributed by atoms with Crippen LogP contribution in [-0.4, -0.2) is 43.2 Å². The molecule has 2 N–H and O–H groups in total. The summed E-state index contributed by atoms with van der Waals surface area (Å²) in [6, 6.07) is 9.39. The number of benzene rings is 2. The van der Waals surface area contributed by atoms with Gasteiger partial charge in [0.2, 0.25) is 0 Å². The van der Waals surface area contributed by atoms with E-state index in [0.29, 0.717) is 5.56 Å². The first-order chi connectivity index (χ1) is 14.1. The number of halogens is 4. The highest BCUT2D eigenvalue weighted by molar-refractivity contribution is 7.91. The predicted molar refractivity (Wildman–Crippen MR) is 105 cm³/mol. The van der Waals surface area contributed by atoms with Gasteiger partial charge < -0.3 is 9.84 Å². The zero-order chi connectivity index (χ0) is 22.1. The quantitative estimate of drug-likeness (QED) is 0.575. The number of aliphatic hydroxyl groups is 1. The van der Waals surface area contributed by atoms with E-state index in [-0.39, 0.29) is 32.5 Å². The molecular weight excluding hydrogens is 445 g/mol. The molecule has 0 amide bonds. The first-order valence-corrected chi connectivity index (χ1v) is 10.5. The van der Waals surface area contributed by atoms with Gasteiger partial charge in [-0.3, -0.25) is 5.10 Å². The predicted octanol–water partition coefficient (Wildman–Crippen LogP) is 4.19. The molecule has 0 aliphatic rings. The Morgan fingerprint density at radius 2 is 1.77 bits per heavy atom. The molecule has 0 unspecified atom stereocenters. The van der Waals surface area contributed by atoms with Crippen molar-refractivity contribution in [3.05, 3.63) is 53.2 Å². The van der Waals surface area contributed by atoms with E-state index in [9.17, 15) is 21.6 Å². The second-order valence-electron chi connectivity index (χ2n) is 6.24. The van der Waals surface area contributed by atoms with Gasteiger partial charge in [0.1, 0.15) is 5.75 Å². The number of hydrogen-bond donors (Lipinski definition) is 2. The van der Waals surface area contributed by atoms with Crippen molar-refractivity contribution in [2.75, 3.05) is 19.5 Å². The molecule has 0 fully saturated rings. The number of ether oxygens (including phenoxy) is 1. The van der Waals surface area contributed by atoms with Gasteiger partial charge in [-0.15, -0.1) is 0 Å². The number of alkyl halides is 3. The van der Waals surface area contributed by atoms with Crippen LogP contribution in [0.4, 0.5) is 13.2 Å². The van der Waals surface area contributed by atoms with Crippen molar-refractivity contribution in [3.63, 3.8) is 0 Å². The van der Waals surface area contributed by atoms with Crippen molar-refractivity contribution in [1.29, 1.82) is 0 Å². The van der Waals surface area contributed by atoms with E-state index in [1.165, 1.54) is 49.6 Å². The third kappa shape index (κ3) is 4.30. The van der Waals surface area contributed by atoms with Crippen LogP contribution in [0.2, 0.25) is 5.02 Å². The number of methoxy groups -OCH3 is 1. The number of H-pyrrole nitrogens is 1. The molecule has 30 heavy (non-hydrogen) atoms. The van der Waals surface area contributed by atoms with Crippen LogP contribution < -0.4 is 4.74 Å². The zero-order valence-corrected chi connectivity index (χ0v) is 17.1. The van der Waals surface area contributed by atoms with Gasteiger partial charge in [0.05, 0.1) is 35.1 Å². The van der Waals surface area contributed by atoms with Crippen LogP contribution >= 0.6 is 11.6 Å². The first kappa shape index (κ1) is 22.1. The maximum Gasteiger partial charge on any atom is 0.435 e. The number of aliphatic hydroxyl groups excluding tert-OH is 1. The molecule has 160 valence electrons. The molecule has 11 heteroatoms. The minimum atomic E-state index is -4.75. The van der Waals surface area contributed by atoms with Gasteiger partial charge in [0.25, 0.3) is 0 Å². The van der Waals surface area contributed by atoms with Gasteiger partial charge in [0, 0.05) is 11.1 Å². The lowest BCUT2D eigenvalue weighted by molar-refractivity contribution is -0.140. The van der Waals surface area contributed by atoms with Crippen LogP contribution in [0.5, 0.6) is 5.75 Å². The van der Waals surface area contributed by atoms with Crippen LogP contribution in [0.15, 0.2) is 47.4 Å². The number of hydrogen-bond acceptors (Lipinski definition) is 5. The number of nitrogens with one attached hydrogen (secondary N) is 1. The van der Waals surface area contributed by atoms with E-state index < -0.39 is 34.1 Å². The molecule has 0 aliphatic heterocycles. The maximum atomic E-state index is 13.6. The summed E-state index contributed by atoms with van der Waals surface area (Å²) in [6.07, 6.45) is -4.75. The van der Waals surface area contributed by atoms with Crippen molar-refractivity contribution in [1.82, 2.24) is 10.2 Å². The fraction of sp³-hybridized carbons (Fsp3) is 0.211. The molecular formula is C19H16ClF3N2O4S. The maximum absolute atomic E-state index is 13.6. The molecule has 6 nitrogen and oxygen atoms in total. The van der Waals surface area contributed by atoms with Crippen molar-refractivity contribution < 1.29 is 31.4 Å². The highest BCUT2D eigenvalue weighted by atomic mass is 35.5. The monoisotopic (exact) mass is 460 g/mol. The minimum Gasteiger partial charge on any atom is -0.495 e. The van der Waals surface area contributed by atoms with Crippen LogP contribution in [0.3, 0.4) is 0 Å². The number of rotatable bonds is 6. The van der Waals surface area contributed by atoms with Gasteiger partial charge in [-0.05, 0) is 29.8 Å². The second kappa shape index (κ2) is 8.29. The Labute approximate surface area is 175 Å². The Morgan fingerprint density at radius 1 is 1.13 bits per heavy atom. The first-order valence-electron chi connectivity index (χ1n) is 8.52. The Hall–Kier alpha value is -2.56. The second-order valence-corrected chi connectivity index (χ2v) is 8.75. The average Bonchev–Trinajstić information content (AvgIpc) is 3.14. The van der Waals surface area contributed by atoms with Crippen molar-refractivity contribution in [2.45, 2.75) is 11.1 Å². The Bertz CT molecular complexity index is 1160. The number of aromatic nitrogens is 2. The molecule has 2 aromatic carbocycles. The Morgan fingerprint density at radius 3 is 2.33 bits per heavy atom. The third-order valence-electron chi connectivity index (χ3n) is 4.34. The summed E-state index contributed by atoms with van der Waals surface area (Å²) in [5.41, 5.74) is -0.840. The van der Waals surface area contributed by atoms with Gasteiger partial charge in [0.15, 0.2) is 15.5 Å². The highest BCUT2D eigenvalue weighted by Gasteiger charge is 2.38. The molecule has 0 saturated heterocycles. The summed E-state index contributed by atoms with van der Waals surface area (Å²) >= 11 is 6.00. The van der Waals surface area contributed by atoms with E-state index in [0.717, 1.165) is 0 Å². The fourth-order valence-electron chi connectivity index (χ4n) is 2.92. The zero-order valence-electron chi connectivity index (χ0n) is 15.5. The van der Waals surface area contributed by atoms with Crippen LogP contribution in [0.1, 0.15) is 5.69 Å². The smallest absolute Gasteiger partial charge is 0.435 e. The summed E-state index contributed by atoms with van der Waals surface area (Å²) in [5, 5.41) is 15.0. The molecule has 1 heterocycles. The number of sulfone groups is 1.